The lowest BCUT2D eigenvalue weighted by atomic mass is 9.89. The molecule has 0 aliphatic rings. The first kappa shape index (κ1) is 12.9. The van der Waals surface area contributed by atoms with E-state index in [4.69, 9.17) is 5.11 Å². The minimum atomic E-state index is -1.15. The summed E-state index contributed by atoms with van der Waals surface area (Å²) in [7, 11) is 0. The maximum absolute atomic E-state index is 11.5. The minimum Gasteiger partial charge on any atom is -0.481 e. The van der Waals surface area contributed by atoms with Gasteiger partial charge < -0.3 is 10.4 Å². The third-order valence-corrected chi connectivity index (χ3v) is 2.13. The highest BCUT2D eigenvalue weighted by Crippen LogP contribution is 2.20. The Bertz CT molecular complexity index is 472. The molecule has 0 aliphatic carbocycles. The molecule has 0 aromatic carbocycles. The highest BCUT2D eigenvalue weighted by atomic mass is 16.4. The topological polar surface area (TPSA) is 112 Å². The second-order valence-electron chi connectivity index (χ2n) is 4.22. The molecule has 0 saturated carbocycles. The average molecular weight is 239 g/mol. The smallest absolute Gasteiger partial charge is 0.309 e. The molecule has 92 valence electrons. The van der Waals surface area contributed by atoms with Crippen LogP contribution in [0.15, 0.2) is 16.9 Å². The third kappa shape index (κ3) is 3.71. The van der Waals surface area contributed by atoms with Gasteiger partial charge in [-0.25, -0.2) is 5.10 Å². The van der Waals surface area contributed by atoms with E-state index in [1.165, 1.54) is 26.0 Å². The fourth-order valence-electron chi connectivity index (χ4n) is 1.08. The van der Waals surface area contributed by atoms with E-state index in [1.54, 1.807) is 0 Å². The zero-order chi connectivity index (χ0) is 13.1. The SMILES string of the molecule is CC(C)(CC(=O)Nc1ccc(=O)[nH]n1)C(=O)O. The number of aromatic amines is 1. The molecule has 1 aromatic rings. The summed E-state index contributed by atoms with van der Waals surface area (Å²) in [6.07, 6.45) is -0.177. The van der Waals surface area contributed by atoms with Gasteiger partial charge in [0.1, 0.15) is 0 Å². The number of H-pyrrole nitrogens is 1. The van der Waals surface area contributed by atoms with E-state index in [1.807, 2.05) is 0 Å². The Hall–Kier alpha value is -2.18. The summed E-state index contributed by atoms with van der Waals surface area (Å²) < 4.78 is 0. The van der Waals surface area contributed by atoms with Gasteiger partial charge in [0.15, 0.2) is 5.82 Å². The lowest BCUT2D eigenvalue weighted by Crippen LogP contribution is -2.30. The molecule has 17 heavy (non-hydrogen) atoms. The quantitative estimate of drug-likeness (QED) is 0.695. The molecule has 0 spiro atoms. The van der Waals surface area contributed by atoms with Gasteiger partial charge in [-0.05, 0) is 19.9 Å². The largest absolute Gasteiger partial charge is 0.481 e. The summed E-state index contributed by atoms with van der Waals surface area (Å²) in [5, 5.41) is 17.0. The second-order valence-corrected chi connectivity index (χ2v) is 4.22. The molecule has 0 unspecified atom stereocenters. The van der Waals surface area contributed by atoms with Crippen LogP contribution in [-0.4, -0.2) is 27.2 Å². The summed E-state index contributed by atoms with van der Waals surface area (Å²) in [4.78, 5) is 33.0. The van der Waals surface area contributed by atoms with Gasteiger partial charge in [0, 0.05) is 12.5 Å². The molecule has 3 N–H and O–H groups in total. The van der Waals surface area contributed by atoms with Gasteiger partial charge in [-0.2, -0.15) is 5.10 Å². The molecule has 0 fully saturated rings. The summed E-state index contributed by atoms with van der Waals surface area (Å²) in [6.45, 7) is 2.91. The second kappa shape index (κ2) is 4.77. The number of aromatic nitrogens is 2. The third-order valence-electron chi connectivity index (χ3n) is 2.13. The van der Waals surface area contributed by atoms with Gasteiger partial charge in [-0.1, -0.05) is 0 Å². The highest BCUT2D eigenvalue weighted by Gasteiger charge is 2.30. The Morgan fingerprint density at radius 3 is 2.59 bits per heavy atom. The van der Waals surface area contributed by atoms with Crippen molar-refractivity contribution in [3.05, 3.63) is 22.5 Å². The van der Waals surface area contributed by atoms with Crippen molar-refractivity contribution in [1.29, 1.82) is 0 Å². The van der Waals surface area contributed by atoms with Gasteiger partial charge in [0.05, 0.1) is 5.41 Å². The van der Waals surface area contributed by atoms with Crippen molar-refractivity contribution in [3.63, 3.8) is 0 Å². The van der Waals surface area contributed by atoms with Crippen LogP contribution in [0.2, 0.25) is 0 Å². The van der Waals surface area contributed by atoms with Crippen molar-refractivity contribution in [1.82, 2.24) is 10.2 Å². The number of carboxylic acid groups (broad SMARTS) is 1. The van der Waals surface area contributed by atoms with E-state index >= 15 is 0 Å². The molecule has 1 rings (SSSR count). The van der Waals surface area contributed by atoms with Gasteiger partial charge in [0.25, 0.3) is 5.56 Å². The van der Waals surface area contributed by atoms with E-state index < -0.39 is 17.3 Å². The predicted molar refractivity (Wildman–Crippen MR) is 59.5 cm³/mol. The number of nitrogens with zero attached hydrogens (tertiary/aromatic N) is 1. The molecule has 1 amide bonds. The molecule has 0 radical (unpaired) electrons. The van der Waals surface area contributed by atoms with Crippen molar-refractivity contribution in [2.75, 3.05) is 5.32 Å². The first-order valence-corrected chi connectivity index (χ1v) is 4.90. The maximum atomic E-state index is 11.5. The van der Waals surface area contributed by atoms with Crippen molar-refractivity contribution >= 4 is 17.7 Å². The molecular weight excluding hydrogens is 226 g/mol. The number of amides is 1. The standard InChI is InChI=1S/C10H13N3O4/c1-10(2,9(16)17)5-8(15)11-6-3-4-7(14)13-12-6/h3-4H,5H2,1-2H3,(H,13,14)(H,16,17)(H,11,12,15). The van der Waals surface area contributed by atoms with Crippen LogP contribution in [-0.2, 0) is 9.59 Å². The normalized spacial score (nSPS) is 10.9. The number of aliphatic carboxylic acids is 1. The summed E-state index contributed by atoms with van der Waals surface area (Å²) >= 11 is 0. The van der Waals surface area contributed by atoms with Crippen LogP contribution in [0, 0.1) is 5.41 Å². The molecule has 7 heteroatoms. The van der Waals surface area contributed by atoms with Crippen LogP contribution >= 0.6 is 0 Å². The van der Waals surface area contributed by atoms with Crippen molar-refractivity contribution < 1.29 is 14.7 Å². The van der Waals surface area contributed by atoms with E-state index in [0.717, 1.165) is 0 Å². The zero-order valence-electron chi connectivity index (χ0n) is 9.48. The molecule has 0 bridgehead atoms. The number of hydrogen-bond acceptors (Lipinski definition) is 4. The Morgan fingerprint density at radius 2 is 2.12 bits per heavy atom. The summed E-state index contributed by atoms with van der Waals surface area (Å²) in [5.41, 5.74) is -1.53. The Labute approximate surface area is 96.9 Å². The number of carboxylic acids is 1. The Balaban J connectivity index is 2.65. The molecule has 0 saturated heterocycles. The first-order chi connectivity index (χ1) is 7.81. The van der Waals surface area contributed by atoms with Crippen LogP contribution in [0.25, 0.3) is 0 Å². The van der Waals surface area contributed by atoms with Crippen molar-refractivity contribution in [2.45, 2.75) is 20.3 Å². The summed E-state index contributed by atoms with van der Waals surface area (Å²) in [5.74, 6) is -1.35. The molecule has 0 aliphatic heterocycles. The average Bonchev–Trinajstić information content (AvgIpc) is 2.20. The van der Waals surface area contributed by atoms with E-state index in [0.29, 0.717) is 0 Å². The lowest BCUT2D eigenvalue weighted by molar-refractivity contribution is -0.148. The van der Waals surface area contributed by atoms with Crippen molar-refractivity contribution in [2.24, 2.45) is 5.41 Å². The number of nitrogens with one attached hydrogen (secondary N) is 2. The Morgan fingerprint density at radius 1 is 1.47 bits per heavy atom. The fourth-order valence-corrected chi connectivity index (χ4v) is 1.08. The maximum Gasteiger partial charge on any atom is 0.309 e. The van der Waals surface area contributed by atoms with Crippen LogP contribution in [0.5, 0.6) is 0 Å². The van der Waals surface area contributed by atoms with Gasteiger partial charge >= 0.3 is 5.97 Å². The first-order valence-electron chi connectivity index (χ1n) is 4.90. The number of rotatable bonds is 4. The van der Waals surface area contributed by atoms with Crippen LogP contribution in [0.3, 0.4) is 0 Å². The number of carbonyl (C=O) groups is 2. The van der Waals surface area contributed by atoms with Crippen LogP contribution in [0.4, 0.5) is 5.82 Å². The van der Waals surface area contributed by atoms with E-state index in [9.17, 15) is 14.4 Å². The molecule has 1 aromatic heterocycles. The van der Waals surface area contributed by atoms with E-state index in [-0.39, 0.29) is 17.8 Å². The molecule has 7 nitrogen and oxygen atoms in total. The number of hydrogen-bond donors (Lipinski definition) is 3. The fraction of sp³-hybridized carbons (Fsp3) is 0.400. The van der Waals surface area contributed by atoms with Gasteiger partial charge in [-0.3, -0.25) is 14.4 Å². The number of carbonyl (C=O) groups excluding carboxylic acids is 1. The highest BCUT2D eigenvalue weighted by molar-refractivity contribution is 5.93. The zero-order valence-corrected chi connectivity index (χ0v) is 9.48. The molecule has 0 atom stereocenters. The van der Waals surface area contributed by atoms with Crippen molar-refractivity contribution in [3.8, 4) is 0 Å². The summed E-state index contributed by atoms with van der Waals surface area (Å²) in [6, 6.07) is 2.55. The Kier molecular flexibility index (Phi) is 3.62. The van der Waals surface area contributed by atoms with Gasteiger partial charge in [0.2, 0.25) is 5.91 Å². The van der Waals surface area contributed by atoms with Crippen LogP contribution in [0.1, 0.15) is 20.3 Å². The monoisotopic (exact) mass is 239 g/mol. The minimum absolute atomic E-state index is 0.177. The van der Waals surface area contributed by atoms with Gasteiger partial charge in [-0.15, -0.1) is 0 Å². The lowest BCUT2D eigenvalue weighted by Gasteiger charge is -2.17. The number of anilines is 1. The van der Waals surface area contributed by atoms with Crippen LogP contribution < -0.4 is 10.9 Å². The van der Waals surface area contributed by atoms with E-state index in [2.05, 4.69) is 15.5 Å². The molecule has 1 heterocycles. The molecular formula is C10H13N3O4. The predicted octanol–water partition coefficient (Wildman–Crippen LogP) is 0.209.